The van der Waals surface area contributed by atoms with E-state index in [9.17, 15) is 4.79 Å². The van der Waals surface area contributed by atoms with Crippen molar-refractivity contribution in [1.29, 1.82) is 0 Å². The first-order valence-electron chi connectivity index (χ1n) is 8.47. The predicted octanol–water partition coefficient (Wildman–Crippen LogP) is 2.39. The lowest BCUT2D eigenvalue weighted by atomic mass is 9.82. The summed E-state index contributed by atoms with van der Waals surface area (Å²) >= 11 is 0. The Hall–Kier alpha value is -2.08. The number of nitrogens with zero attached hydrogens (tertiary/aromatic N) is 2. The van der Waals surface area contributed by atoms with Gasteiger partial charge in [0.05, 0.1) is 36.9 Å². The molecule has 24 heavy (non-hydrogen) atoms. The summed E-state index contributed by atoms with van der Waals surface area (Å²) in [4.78, 5) is 16.0. The van der Waals surface area contributed by atoms with E-state index in [1.807, 2.05) is 12.1 Å². The fraction of sp³-hybridized carbons (Fsp3) is 0.556. The van der Waals surface area contributed by atoms with Gasteiger partial charge in [0.15, 0.2) is 0 Å². The average molecular weight is 332 g/mol. The van der Waals surface area contributed by atoms with E-state index in [1.54, 1.807) is 6.20 Å². The van der Waals surface area contributed by atoms with Crippen LogP contribution in [0.15, 0.2) is 24.5 Å². The summed E-state index contributed by atoms with van der Waals surface area (Å²) in [5, 5.41) is 8.87. The zero-order chi connectivity index (χ0) is 16.9. The number of methoxy groups -OCH3 is 1. The number of ether oxygens (including phenoxy) is 2. The number of carbonyl (C=O) groups is 1. The van der Waals surface area contributed by atoms with Crippen LogP contribution in [0.5, 0.6) is 5.75 Å². The first-order chi connectivity index (χ1) is 11.7. The Morgan fingerprint density at radius 3 is 2.88 bits per heavy atom. The van der Waals surface area contributed by atoms with Gasteiger partial charge in [-0.25, -0.2) is 0 Å². The third-order valence-corrected chi connectivity index (χ3v) is 4.79. The Labute approximate surface area is 141 Å². The van der Waals surface area contributed by atoms with E-state index in [2.05, 4.69) is 15.7 Å². The minimum Gasteiger partial charge on any atom is -0.490 e. The van der Waals surface area contributed by atoms with E-state index in [1.165, 1.54) is 7.11 Å². The van der Waals surface area contributed by atoms with Gasteiger partial charge in [0.1, 0.15) is 12.4 Å². The number of aliphatic hydroxyl groups is 1. The molecule has 0 spiro atoms. The number of hydrogen-bond acceptors (Lipinski definition) is 5. The molecule has 0 amide bonds. The van der Waals surface area contributed by atoms with Crippen molar-refractivity contribution in [1.82, 2.24) is 9.55 Å². The lowest BCUT2D eigenvalue weighted by Gasteiger charge is -2.27. The van der Waals surface area contributed by atoms with Crippen LogP contribution in [0.25, 0.3) is 11.0 Å². The summed E-state index contributed by atoms with van der Waals surface area (Å²) in [6.45, 7) is 1.18. The molecule has 0 bridgehead atoms. The summed E-state index contributed by atoms with van der Waals surface area (Å²) < 4.78 is 12.5. The predicted molar refractivity (Wildman–Crippen MR) is 89.8 cm³/mol. The molecule has 130 valence electrons. The van der Waals surface area contributed by atoms with E-state index in [-0.39, 0.29) is 25.1 Å². The van der Waals surface area contributed by atoms with Crippen LogP contribution in [-0.4, -0.2) is 41.0 Å². The second-order valence-electron chi connectivity index (χ2n) is 6.36. The van der Waals surface area contributed by atoms with E-state index >= 15 is 0 Å². The normalized spacial score (nSPS) is 20.9. The zero-order valence-electron chi connectivity index (χ0n) is 14.0. The number of esters is 1. The van der Waals surface area contributed by atoms with Gasteiger partial charge >= 0.3 is 5.97 Å². The van der Waals surface area contributed by atoms with Gasteiger partial charge in [0.2, 0.25) is 0 Å². The van der Waals surface area contributed by atoms with Gasteiger partial charge in [-0.05, 0) is 37.7 Å². The fourth-order valence-electron chi connectivity index (χ4n) is 3.47. The minimum absolute atomic E-state index is 0.0114. The number of rotatable bonds is 6. The lowest BCUT2D eigenvalue weighted by molar-refractivity contribution is -0.146. The monoisotopic (exact) mass is 332 g/mol. The highest BCUT2D eigenvalue weighted by atomic mass is 16.5. The van der Waals surface area contributed by atoms with Crippen molar-refractivity contribution in [2.75, 3.05) is 20.3 Å². The van der Waals surface area contributed by atoms with Crippen LogP contribution in [0.3, 0.4) is 0 Å². The maximum atomic E-state index is 11.6. The van der Waals surface area contributed by atoms with E-state index in [0.717, 1.165) is 43.3 Å². The number of aromatic nitrogens is 2. The van der Waals surface area contributed by atoms with E-state index in [4.69, 9.17) is 14.6 Å². The molecule has 6 heteroatoms. The highest BCUT2D eigenvalue weighted by Crippen LogP contribution is 2.31. The number of carbonyl (C=O) groups excluding carboxylic acids is 1. The van der Waals surface area contributed by atoms with E-state index in [0.29, 0.717) is 11.7 Å². The highest BCUT2D eigenvalue weighted by molar-refractivity contribution is 5.77. The molecule has 0 atom stereocenters. The molecule has 2 aromatic rings. The standard InChI is InChI=1S/C18H24N2O4/c1-23-18(22)14-4-2-13(3-5-14)12-20-7-6-16-17(20)10-15(11-19-16)24-9-8-21/h6-7,10-11,13-14,21H,2-5,8-9,12H2,1H3. The molecule has 0 saturated heterocycles. The molecule has 2 heterocycles. The van der Waals surface area contributed by atoms with Gasteiger partial charge in [-0.15, -0.1) is 0 Å². The van der Waals surface area contributed by atoms with Crippen LogP contribution >= 0.6 is 0 Å². The van der Waals surface area contributed by atoms with Crippen molar-refractivity contribution in [3.05, 3.63) is 24.5 Å². The zero-order valence-corrected chi connectivity index (χ0v) is 14.0. The molecule has 0 aromatic carbocycles. The molecule has 1 aliphatic rings. The molecule has 0 unspecified atom stereocenters. The van der Waals surface area contributed by atoms with Crippen molar-refractivity contribution in [3.8, 4) is 5.75 Å². The molecular weight excluding hydrogens is 308 g/mol. The van der Waals surface area contributed by atoms with Crippen molar-refractivity contribution >= 4 is 17.0 Å². The molecule has 1 aliphatic carbocycles. The number of pyridine rings is 1. The van der Waals surface area contributed by atoms with Crippen molar-refractivity contribution in [2.24, 2.45) is 11.8 Å². The van der Waals surface area contributed by atoms with Crippen LogP contribution in [0.2, 0.25) is 0 Å². The minimum atomic E-state index is -0.0743. The Morgan fingerprint density at radius 2 is 2.17 bits per heavy atom. The van der Waals surface area contributed by atoms with Crippen LogP contribution in [0.4, 0.5) is 0 Å². The smallest absolute Gasteiger partial charge is 0.308 e. The molecule has 1 saturated carbocycles. The topological polar surface area (TPSA) is 73.6 Å². The third-order valence-electron chi connectivity index (χ3n) is 4.79. The summed E-state index contributed by atoms with van der Waals surface area (Å²) in [5.74, 6) is 1.22. The number of hydrogen-bond donors (Lipinski definition) is 1. The van der Waals surface area contributed by atoms with Crippen molar-refractivity contribution in [3.63, 3.8) is 0 Å². The molecule has 2 aromatic heterocycles. The quantitative estimate of drug-likeness (QED) is 0.822. The second-order valence-corrected chi connectivity index (χ2v) is 6.36. The number of fused-ring (bicyclic) bond motifs is 1. The van der Waals surface area contributed by atoms with Crippen molar-refractivity contribution in [2.45, 2.75) is 32.2 Å². The van der Waals surface area contributed by atoms with Gasteiger partial charge in [-0.3, -0.25) is 9.78 Å². The van der Waals surface area contributed by atoms with Crippen molar-refractivity contribution < 1.29 is 19.4 Å². The Kier molecular flexibility index (Phi) is 5.35. The summed E-state index contributed by atoms with van der Waals surface area (Å²) in [6, 6.07) is 3.98. The van der Waals surface area contributed by atoms with Crippen LogP contribution in [0, 0.1) is 11.8 Å². The van der Waals surface area contributed by atoms with Crippen LogP contribution < -0.4 is 4.74 Å². The fourth-order valence-corrected chi connectivity index (χ4v) is 3.47. The van der Waals surface area contributed by atoms with Crippen LogP contribution in [-0.2, 0) is 16.1 Å². The first kappa shape index (κ1) is 16.8. The van der Waals surface area contributed by atoms with Gasteiger partial charge in [0.25, 0.3) is 0 Å². The molecule has 1 fully saturated rings. The second kappa shape index (κ2) is 7.66. The summed E-state index contributed by atoms with van der Waals surface area (Å²) in [5.41, 5.74) is 1.98. The number of aliphatic hydroxyl groups excluding tert-OH is 1. The largest absolute Gasteiger partial charge is 0.490 e. The van der Waals surface area contributed by atoms with Gasteiger partial charge in [-0.1, -0.05) is 0 Å². The maximum absolute atomic E-state index is 11.6. The average Bonchev–Trinajstić information content (AvgIpc) is 3.02. The molecule has 0 radical (unpaired) electrons. The van der Waals surface area contributed by atoms with Gasteiger partial charge in [-0.2, -0.15) is 0 Å². The Balaban J connectivity index is 1.66. The SMILES string of the molecule is COC(=O)C1CCC(Cn2ccc3ncc(OCCO)cc32)CC1. The molecule has 0 aliphatic heterocycles. The third kappa shape index (κ3) is 3.70. The molecule has 6 nitrogen and oxygen atoms in total. The Morgan fingerprint density at radius 1 is 1.38 bits per heavy atom. The van der Waals surface area contributed by atoms with E-state index < -0.39 is 0 Å². The van der Waals surface area contributed by atoms with Crippen LogP contribution in [0.1, 0.15) is 25.7 Å². The molecular formula is C18H24N2O4. The first-order valence-corrected chi connectivity index (χ1v) is 8.47. The van der Waals surface area contributed by atoms with Gasteiger partial charge in [0, 0.05) is 18.8 Å². The lowest BCUT2D eigenvalue weighted by Crippen LogP contribution is -2.24. The van der Waals surface area contributed by atoms with Gasteiger partial charge < -0.3 is 19.1 Å². The Bertz CT molecular complexity index is 689. The summed E-state index contributed by atoms with van der Waals surface area (Å²) in [7, 11) is 1.46. The molecule has 1 N–H and O–H groups in total. The molecule has 3 rings (SSSR count). The summed E-state index contributed by atoms with van der Waals surface area (Å²) in [6.07, 6.45) is 7.62. The highest BCUT2D eigenvalue weighted by Gasteiger charge is 2.27. The maximum Gasteiger partial charge on any atom is 0.308 e.